The van der Waals surface area contributed by atoms with Gasteiger partial charge in [0.1, 0.15) is 11.6 Å². The van der Waals surface area contributed by atoms with E-state index in [0.717, 1.165) is 42.3 Å². The van der Waals surface area contributed by atoms with Crippen molar-refractivity contribution in [2.75, 3.05) is 24.5 Å². The highest BCUT2D eigenvalue weighted by atomic mass is 35.5. The minimum absolute atomic E-state index is 0. The van der Waals surface area contributed by atoms with Crippen LogP contribution in [0.4, 0.5) is 27.6 Å². The smallest absolute Gasteiger partial charge is 0.371 e. The largest absolute Gasteiger partial charge is 0.416 e. The zero-order valence-electron chi connectivity index (χ0n) is 20.1. The van der Waals surface area contributed by atoms with Crippen LogP contribution in [0.5, 0.6) is 0 Å². The van der Waals surface area contributed by atoms with Gasteiger partial charge in [0.2, 0.25) is 11.5 Å². The van der Waals surface area contributed by atoms with E-state index < -0.39 is 63.2 Å². The molecule has 2 aromatic carbocycles. The summed E-state index contributed by atoms with van der Waals surface area (Å²) in [5.74, 6) is -5.40. The predicted octanol–water partition coefficient (Wildman–Crippen LogP) is 4.21. The third-order valence-corrected chi connectivity index (χ3v) is 7.22. The molecule has 2 aromatic rings. The van der Waals surface area contributed by atoms with E-state index in [1.807, 2.05) is 13.8 Å². The Hall–Kier alpha value is -2.76. The topological polar surface area (TPSA) is 86.9 Å². The molecule has 1 unspecified atom stereocenters. The van der Waals surface area contributed by atoms with Crippen LogP contribution in [0.15, 0.2) is 30.3 Å². The van der Waals surface area contributed by atoms with Gasteiger partial charge in [-0.3, -0.25) is 9.59 Å². The van der Waals surface area contributed by atoms with Crippen LogP contribution in [0.25, 0.3) is 0 Å². The van der Waals surface area contributed by atoms with Crippen LogP contribution in [0, 0.1) is 17.6 Å². The summed E-state index contributed by atoms with van der Waals surface area (Å²) in [5, 5.41) is 11.5. The molecule has 0 aromatic heterocycles. The van der Waals surface area contributed by atoms with Gasteiger partial charge in [-0.1, -0.05) is 19.9 Å². The van der Waals surface area contributed by atoms with Crippen LogP contribution < -0.4 is 10.6 Å². The Morgan fingerprint density at radius 3 is 2.19 bits per heavy atom. The van der Waals surface area contributed by atoms with Gasteiger partial charge in [-0.05, 0) is 56.1 Å². The van der Waals surface area contributed by atoms with Crippen molar-refractivity contribution in [1.82, 2.24) is 4.90 Å². The highest BCUT2D eigenvalue weighted by Crippen LogP contribution is 2.52. The standard InChI is InChI=1S/C25H26F5N3O3.ClH/c1-3-32(4-2)15-8-13(9-15)12-33-19-11-14(22(31)34)10-16(25(28,29)30)20(19)24(36,23(33)35)21-17(26)6-5-7-18(21)27;/h5-7,10-11,13,15,36H,3-4,8-9,12H2,1-2H3,(H2,31,34);1H. The average molecular weight is 548 g/mol. The monoisotopic (exact) mass is 547 g/mol. The van der Waals surface area contributed by atoms with E-state index in [4.69, 9.17) is 5.73 Å². The van der Waals surface area contributed by atoms with Crippen molar-refractivity contribution in [3.05, 3.63) is 64.2 Å². The number of hydrogen-bond donors (Lipinski definition) is 2. The van der Waals surface area contributed by atoms with Gasteiger partial charge in [-0.2, -0.15) is 13.2 Å². The molecule has 0 saturated heterocycles. The molecule has 4 rings (SSSR count). The van der Waals surface area contributed by atoms with Crippen molar-refractivity contribution >= 4 is 29.9 Å². The van der Waals surface area contributed by atoms with E-state index in [-0.39, 0.29) is 30.9 Å². The molecule has 2 aliphatic rings. The second kappa shape index (κ2) is 10.2. The van der Waals surface area contributed by atoms with Gasteiger partial charge >= 0.3 is 6.18 Å². The van der Waals surface area contributed by atoms with Crippen molar-refractivity contribution in [2.24, 2.45) is 11.7 Å². The van der Waals surface area contributed by atoms with Gasteiger partial charge < -0.3 is 20.6 Å². The minimum Gasteiger partial charge on any atom is -0.371 e. The number of fused-ring (bicyclic) bond motifs is 1. The van der Waals surface area contributed by atoms with Crippen LogP contribution in [-0.2, 0) is 16.6 Å². The van der Waals surface area contributed by atoms with Gasteiger partial charge in [-0.25, -0.2) is 8.78 Å². The number of carbonyl (C=O) groups excluding carboxylic acids is 2. The highest BCUT2D eigenvalue weighted by Gasteiger charge is 2.58. The summed E-state index contributed by atoms with van der Waals surface area (Å²) in [6.45, 7) is 5.53. The number of carbonyl (C=O) groups is 2. The minimum atomic E-state index is -5.17. The molecular weight excluding hydrogens is 521 g/mol. The molecule has 6 nitrogen and oxygen atoms in total. The van der Waals surface area contributed by atoms with E-state index in [2.05, 4.69) is 4.90 Å². The Bertz CT molecular complexity index is 1190. The number of nitrogens with zero attached hydrogens (tertiary/aromatic N) is 2. The molecule has 1 saturated carbocycles. The van der Waals surface area contributed by atoms with E-state index in [0.29, 0.717) is 18.9 Å². The molecule has 1 atom stereocenters. The second-order valence-electron chi connectivity index (χ2n) is 9.22. The molecule has 0 radical (unpaired) electrons. The summed E-state index contributed by atoms with van der Waals surface area (Å²) in [6, 6.07) is 4.05. The quantitative estimate of drug-likeness (QED) is 0.509. The number of benzene rings is 2. The van der Waals surface area contributed by atoms with Crippen molar-refractivity contribution in [2.45, 2.75) is 44.5 Å². The lowest BCUT2D eigenvalue weighted by atomic mass is 9.78. The Morgan fingerprint density at radius 1 is 1.14 bits per heavy atom. The fourth-order valence-corrected chi connectivity index (χ4v) is 5.40. The number of rotatable bonds is 7. The highest BCUT2D eigenvalue weighted by molar-refractivity contribution is 6.11. The Labute approximate surface area is 216 Å². The molecule has 2 amide bonds. The van der Waals surface area contributed by atoms with Crippen molar-refractivity contribution < 1.29 is 36.6 Å². The maximum Gasteiger partial charge on any atom is 0.416 e. The van der Waals surface area contributed by atoms with Crippen molar-refractivity contribution in [3.8, 4) is 0 Å². The zero-order valence-corrected chi connectivity index (χ0v) is 20.9. The summed E-state index contributed by atoms with van der Waals surface area (Å²) in [7, 11) is 0. The first-order chi connectivity index (χ1) is 16.8. The molecule has 202 valence electrons. The average Bonchev–Trinajstić information content (AvgIpc) is 2.98. The molecule has 1 heterocycles. The molecule has 1 fully saturated rings. The summed E-state index contributed by atoms with van der Waals surface area (Å²) >= 11 is 0. The number of hydrogen-bond acceptors (Lipinski definition) is 4. The first kappa shape index (κ1) is 28.8. The number of nitrogens with two attached hydrogens (primary N) is 1. The van der Waals surface area contributed by atoms with Crippen molar-refractivity contribution in [1.29, 1.82) is 0 Å². The molecule has 0 bridgehead atoms. The number of primary amides is 1. The maximum absolute atomic E-state index is 14.8. The number of anilines is 1. The number of halogens is 6. The molecule has 12 heteroatoms. The third kappa shape index (κ3) is 4.68. The summed E-state index contributed by atoms with van der Waals surface area (Å²) in [6.07, 6.45) is -3.88. The molecule has 0 spiro atoms. The molecule has 3 N–H and O–H groups in total. The SMILES string of the molecule is CCN(CC)C1CC(CN2C(=O)C(O)(c3c(F)cccc3F)c3c2cc(C(N)=O)cc3C(F)(F)F)C1.Cl. The van der Waals surface area contributed by atoms with Crippen LogP contribution in [0.3, 0.4) is 0 Å². The Morgan fingerprint density at radius 2 is 1.70 bits per heavy atom. The van der Waals surface area contributed by atoms with E-state index in [1.54, 1.807) is 0 Å². The first-order valence-electron chi connectivity index (χ1n) is 11.6. The fraction of sp³-hybridized carbons (Fsp3) is 0.440. The third-order valence-electron chi connectivity index (χ3n) is 7.22. The lowest BCUT2D eigenvalue weighted by molar-refractivity contribution is -0.142. The number of amides is 2. The summed E-state index contributed by atoms with van der Waals surface area (Å²) in [4.78, 5) is 28.6. The molecular formula is C25H27ClF5N3O3. The summed E-state index contributed by atoms with van der Waals surface area (Å²) in [5.41, 5.74) is -2.83. The Balaban J connectivity index is 0.00000380. The zero-order chi connectivity index (χ0) is 26.6. The van der Waals surface area contributed by atoms with Gasteiger partial charge in [-0.15, -0.1) is 12.4 Å². The van der Waals surface area contributed by atoms with Crippen LogP contribution in [-0.4, -0.2) is 47.5 Å². The fourth-order valence-electron chi connectivity index (χ4n) is 5.40. The lowest BCUT2D eigenvalue weighted by Crippen LogP contribution is -2.50. The summed E-state index contributed by atoms with van der Waals surface area (Å²) < 4.78 is 72.1. The predicted molar refractivity (Wildman–Crippen MR) is 128 cm³/mol. The Kier molecular flexibility index (Phi) is 7.93. The van der Waals surface area contributed by atoms with Gasteiger partial charge in [0, 0.05) is 23.7 Å². The lowest BCUT2D eigenvalue weighted by Gasteiger charge is -2.43. The van der Waals surface area contributed by atoms with Gasteiger partial charge in [0.25, 0.3) is 5.91 Å². The van der Waals surface area contributed by atoms with Crippen LogP contribution >= 0.6 is 12.4 Å². The normalized spacial score (nSPS) is 23.1. The first-order valence-corrected chi connectivity index (χ1v) is 11.6. The number of aliphatic hydroxyl groups is 1. The molecule has 1 aliphatic carbocycles. The van der Waals surface area contributed by atoms with E-state index >= 15 is 0 Å². The maximum atomic E-state index is 14.8. The van der Waals surface area contributed by atoms with Crippen LogP contribution in [0.2, 0.25) is 0 Å². The molecule has 37 heavy (non-hydrogen) atoms. The van der Waals surface area contributed by atoms with Gasteiger partial charge in [0.05, 0.1) is 16.8 Å². The van der Waals surface area contributed by atoms with Gasteiger partial charge in [0.15, 0.2) is 0 Å². The molecule has 1 aliphatic heterocycles. The number of alkyl halides is 3. The van der Waals surface area contributed by atoms with E-state index in [9.17, 15) is 36.6 Å². The second-order valence-corrected chi connectivity index (χ2v) is 9.22. The van der Waals surface area contributed by atoms with E-state index in [1.165, 1.54) is 0 Å². The van der Waals surface area contributed by atoms with Crippen molar-refractivity contribution in [3.63, 3.8) is 0 Å². The van der Waals surface area contributed by atoms with Crippen LogP contribution in [0.1, 0.15) is 53.7 Å².